The third kappa shape index (κ3) is 3.60. The number of nitrogens with zero attached hydrogens (tertiary/aromatic N) is 1. The first-order valence-electron chi connectivity index (χ1n) is 8.98. The number of hydrogen-bond acceptors (Lipinski definition) is 4. The number of carbonyl (C=O) groups excluding carboxylic acids is 2. The summed E-state index contributed by atoms with van der Waals surface area (Å²) in [5.74, 6) is -0.623. The fourth-order valence-corrected chi connectivity index (χ4v) is 3.58. The van der Waals surface area contributed by atoms with Crippen LogP contribution in [0.5, 0.6) is 0 Å². The first-order valence-corrected chi connectivity index (χ1v) is 8.98. The fourth-order valence-electron chi connectivity index (χ4n) is 3.58. The lowest BCUT2D eigenvalue weighted by Gasteiger charge is -2.37. The lowest BCUT2D eigenvalue weighted by atomic mass is 10.1. The van der Waals surface area contributed by atoms with Gasteiger partial charge < -0.3 is 9.47 Å². The molecule has 3 rings (SSSR count). The second-order valence-corrected chi connectivity index (χ2v) is 8.80. The summed E-state index contributed by atoms with van der Waals surface area (Å²) >= 11 is 0. The Morgan fingerprint density at radius 2 is 1.31 bits per heavy atom. The molecule has 0 radical (unpaired) electrons. The van der Waals surface area contributed by atoms with Crippen LogP contribution < -0.4 is 0 Å². The first-order chi connectivity index (χ1) is 12.0. The summed E-state index contributed by atoms with van der Waals surface area (Å²) in [6.45, 7) is 11.9. The van der Waals surface area contributed by atoms with Crippen LogP contribution in [-0.4, -0.2) is 34.0 Å². The van der Waals surface area contributed by atoms with E-state index in [0.717, 1.165) is 11.1 Å². The summed E-state index contributed by atoms with van der Waals surface area (Å²) in [4.78, 5) is 26.1. The van der Waals surface area contributed by atoms with Crippen LogP contribution in [0, 0.1) is 0 Å². The van der Waals surface area contributed by atoms with Crippen molar-refractivity contribution < 1.29 is 19.1 Å². The van der Waals surface area contributed by atoms with Gasteiger partial charge in [-0.25, -0.2) is 0 Å². The maximum absolute atomic E-state index is 12.4. The quantitative estimate of drug-likeness (QED) is 0.774. The summed E-state index contributed by atoms with van der Waals surface area (Å²) in [5, 5.41) is 0. The summed E-state index contributed by atoms with van der Waals surface area (Å²) in [5.41, 5.74) is 1.02. The van der Waals surface area contributed by atoms with E-state index in [2.05, 4.69) is 0 Å². The van der Waals surface area contributed by atoms with Crippen LogP contribution in [-0.2, 0) is 19.1 Å². The highest BCUT2D eigenvalue weighted by atomic mass is 16.6. The van der Waals surface area contributed by atoms with E-state index >= 15 is 0 Å². The molecule has 5 heteroatoms. The molecule has 1 aromatic rings. The Morgan fingerprint density at radius 3 is 1.81 bits per heavy atom. The molecule has 0 aromatic heterocycles. The molecule has 2 amide bonds. The van der Waals surface area contributed by atoms with Crippen molar-refractivity contribution in [1.29, 1.82) is 0 Å². The Balaban J connectivity index is 2.10. The van der Waals surface area contributed by atoms with Gasteiger partial charge in [-0.05, 0) is 52.7 Å². The molecule has 1 aliphatic heterocycles. The molecular formula is C21H27NO4. The monoisotopic (exact) mass is 357 g/mol. The van der Waals surface area contributed by atoms with E-state index in [0.29, 0.717) is 0 Å². The van der Waals surface area contributed by atoms with Crippen molar-refractivity contribution in [3.8, 4) is 0 Å². The molecule has 1 heterocycles. The molecule has 0 saturated heterocycles. The zero-order chi connectivity index (χ0) is 19.3. The van der Waals surface area contributed by atoms with Gasteiger partial charge in [0.25, 0.3) is 11.8 Å². The van der Waals surface area contributed by atoms with Crippen LogP contribution >= 0.6 is 0 Å². The van der Waals surface area contributed by atoms with E-state index < -0.39 is 23.3 Å². The maximum Gasteiger partial charge on any atom is 0.254 e. The van der Waals surface area contributed by atoms with Crippen LogP contribution in [0.25, 0.3) is 0 Å². The van der Waals surface area contributed by atoms with Crippen molar-refractivity contribution >= 4 is 11.8 Å². The number of hydrogen-bond donors (Lipinski definition) is 0. The van der Waals surface area contributed by atoms with Gasteiger partial charge in [-0.1, -0.05) is 24.3 Å². The van der Waals surface area contributed by atoms with Crippen LogP contribution in [0.2, 0.25) is 0 Å². The SMILES string of the molecule is CC(C)(C)O[C@@H]1[C@@H](OC(C)(C)C)c2ccccc2[C@@H]1N1C(=O)C=CC1=O. The first kappa shape index (κ1) is 18.8. The highest BCUT2D eigenvalue weighted by molar-refractivity contribution is 6.13. The third-order valence-corrected chi connectivity index (χ3v) is 4.32. The number of amides is 2. The minimum absolute atomic E-state index is 0.311. The van der Waals surface area contributed by atoms with Gasteiger partial charge in [0.1, 0.15) is 12.2 Å². The Hall–Kier alpha value is -1.98. The number of imide groups is 1. The lowest BCUT2D eigenvalue weighted by molar-refractivity contribution is -0.181. The molecule has 0 fully saturated rings. The standard InChI is InChI=1S/C21H27NO4/c1-20(2,3)25-18-14-10-8-7-9-13(14)17(19(18)26-21(4,5)6)22-15(23)11-12-16(22)24/h7-12,17-19H,1-6H3/t17-,18-,19-/m0/s1. The third-order valence-electron chi connectivity index (χ3n) is 4.32. The van der Waals surface area contributed by atoms with E-state index in [1.165, 1.54) is 17.1 Å². The van der Waals surface area contributed by atoms with Crippen molar-refractivity contribution in [3.05, 3.63) is 47.5 Å². The minimum Gasteiger partial charge on any atom is -0.367 e. The van der Waals surface area contributed by atoms with Gasteiger partial charge >= 0.3 is 0 Å². The summed E-state index contributed by atoms with van der Waals surface area (Å²) in [7, 11) is 0. The molecule has 1 aliphatic carbocycles. The molecule has 3 atom stereocenters. The van der Waals surface area contributed by atoms with Crippen molar-refractivity contribution in [1.82, 2.24) is 4.90 Å². The Kier molecular flexibility index (Phi) is 4.57. The fraction of sp³-hybridized carbons (Fsp3) is 0.524. The van der Waals surface area contributed by atoms with Crippen LogP contribution in [0.1, 0.15) is 64.8 Å². The van der Waals surface area contributed by atoms with Gasteiger partial charge in [0, 0.05) is 12.2 Å². The highest BCUT2D eigenvalue weighted by Crippen LogP contribution is 2.49. The molecule has 0 bridgehead atoms. The van der Waals surface area contributed by atoms with E-state index in [4.69, 9.17) is 9.47 Å². The van der Waals surface area contributed by atoms with Gasteiger partial charge in [-0.2, -0.15) is 0 Å². The predicted octanol–water partition coefficient (Wildman–Crippen LogP) is 3.71. The number of benzene rings is 1. The van der Waals surface area contributed by atoms with E-state index in [1.807, 2.05) is 65.8 Å². The van der Waals surface area contributed by atoms with E-state index in [9.17, 15) is 9.59 Å². The molecule has 0 saturated carbocycles. The predicted molar refractivity (Wildman–Crippen MR) is 98.4 cm³/mol. The highest BCUT2D eigenvalue weighted by Gasteiger charge is 2.50. The second kappa shape index (κ2) is 6.32. The smallest absolute Gasteiger partial charge is 0.254 e. The van der Waals surface area contributed by atoms with E-state index in [-0.39, 0.29) is 17.9 Å². The number of fused-ring (bicyclic) bond motifs is 1. The average molecular weight is 357 g/mol. The van der Waals surface area contributed by atoms with Gasteiger partial charge in [0.15, 0.2) is 0 Å². The molecular weight excluding hydrogens is 330 g/mol. The molecule has 1 aromatic carbocycles. The van der Waals surface area contributed by atoms with E-state index in [1.54, 1.807) is 0 Å². The lowest BCUT2D eigenvalue weighted by Crippen LogP contribution is -2.44. The van der Waals surface area contributed by atoms with Gasteiger partial charge in [0.2, 0.25) is 0 Å². The molecule has 140 valence electrons. The Labute approximate surface area is 155 Å². The van der Waals surface area contributed by atoms with Crippen molar-refractivity contribution in [2.24, 2.45) is 0 Å². The molecule has 26 heavy (non-hydrogen) atoms. The normalized spacial score (nSPS) is 25.9. The number of rotatable bonds is 3. The number of carbonyl (C=O) groups is 2. The zero-order valence-electron chi connectivity index (χ0n) is 16.3. The zero-order valence-corrected chi connectivity index (χ0v) is 16.3. The average Bonchev–Trinajstić information content (AvgIpc) is 2.95. The summed E-state index contributed by atoms with van der Waals surface area (Å²) in [6.07, 6.45) is 1.80. The van der Waals surface area contributed by atoms with Crippen LogP contribution in [0.4, 0.5) is 0 Å². The Bertz CT molecular complexity index is 736. The molecule has 0 unspecified atom stereocenters. The van der Waals surface area contributed by atoms with Crippen molar-refractivity contribution in [2.45, 2.75) is 71.0 Å². The van der Waals surface area contributed by atoms with Gasteiger partial charge in [-0.3, -0.25) is 14.5 Å². The van der Waals surface area contributed by atoms with Crippen LogP contribution in [0.3, 0.4) is 0 Å². The summed E-state index contributed by atoms with van der Waals surface area (Å²) in [6, 6.07) is 7.29. The van der Waals surface area contributed by atoms with Crippen molar-refractivity contribution in [2.75, 3.05) is 0 Å². The number of ether oxygens (including phenoxy) is 2. The molecule has 5 nitrogen and oxygen atoms in total. The topological polar surface area (TPSA) is 55.8 Å². The van der Waals surface area contributed by atoms with Crippen LogP contribution in [0.15, 0.2) is 36.4 Å². The second-order valence-electron chi connectivity index (χ2n) is 8.80. The van der Waals surface area contributed by atoms with Crippen molar-refractivity contribution in [3.63, 3.8) is 0 Å². The molecule has 2 aliphatic rings. The van der Waals surface area contributed by atoms with Gasteiger partial charge in [-0.15, -0.1) is 0 Å². The Morgan fingerprint density at radius 1 is 0.808 bits per heavy atom. The summed E-state index contributed by atoms with van der Waals surface area (Å²) < 4.78 is 12.7. The largest absolute Gasteiger partial charge is 0.367 e. The molecule has 0 spiro atoms. The minimum atomic E-state index is -0.507. The maximum atomic E-state index is 12.4. The van der Waals surface area contributed by atoms with Gasteiger partial charge in [0.05, 0.1) is 17.2 Å². The molecule has 0 N–H and O–H groups in total.